The van der Waals surface area contributed by atoms with E-state index in [1.807, 2.05) is 0 Å². The van der Waals surface area contributed by atoms with E-state index >= 15 is 0 Å². The van der Waals surface area contributed by atoms with E-state index in [2.05, 4.69) is 25.9 Å². The first kappa shape index (κ1) is 18.4. The fourth-order valence-corrected chi connectivity index (χ4v) is 3.05. The number of aromatic amines is 1. The molecular weight excluding hydrogens is 445 g/mol. The van der Waals surface area contributed by atoms with Crippen LogP contribution in [0, 0.1) is 0 Å². The van der Waals surface area contributed by atoms with Crippen LogP contribution in [0.2, 0.25) is 10.0 Å². The van der Waals surface area contributed by atoms with Crippen molar-refractivity contribution in [1.82, 2.24) is 9.55 Å². The lowest BCUT2D eigenvalue weighted by molar-refractivity contribution is 0.430. The number of benzene rings is 2. The molecule has 0 aliphatic rings. The van der Waals surface area contributed by atoms with Crippen LogP contribution in [-0.4, -0.2) is 20.9 Å². The van der Waals surface area contributed by atoms with Crippen LogP contribution in [-0.2, 0) is 0 Å². The Balaban J connectivity index is 2.12. The SMILES string of the molecule is O=c1[nH]c(=O)n(-c2ccc(Cl)cc2)c(O)c1C=Nc1ccc(Br)cc1Cl. The van der Waals surface area contributed by atoms with E-state index in [1.54, 1.807) is 30.3 Å². The second kappa shape index (κ2) is 7.49. The number of H-pyrrole nitrogens is 1. The number of hydrogen-bond acceptors (Lipinski definition) is 4. The highest BCUT2D eigenvalue weighted by atomic mass is 79.9. The topological polar surface area (TPSA) is 87.5 Å². The van der Waals surface area contributed by atoms with E-state index in [0.29, 0.717) is 21.4 Å². The Morgan fingerprint density at radius 3 is 2.46 bits per heavy atom. The Morgan fingerprint density at radius 1 is 1.12 bits per heavy atom. The Bertz CT molecular complexity index is 1120. The monoisotopic (exact) mass is 453 g/mol. The van der Waals surface area contributed by atoms with Crippen molar-refractivity contribution >= 4 is 51.0 Å². The summed E-state index contributed by atoms with van der Waals surface area (Å²) in [5, 5.41) is 11.3. The van der Waals surface area contributed by atoms with Crippen molar-refractivity contribution in [2.45, 2.75) is 0 Å². The van der Waals surface area contributed by atoms with Crippen LogP contribution in [0.15, 0.2) is 61.5 Å². The van der Waals surface area contributed by atoms with Crippen LogP contribution < -0.4 is 11.2 Å². The average Bonchev–Trinajstić information content (AvgIpc) is 2.57. The highest BCUT2D eigenvalue weighted by Gasteiger charge is 2.14. The molecule has 0 spiro atoms. The molecule has 26 heavy (non-hydrogen) atoms. The standard InChI is InChI=1S/C17H10BrCl2N3O3/c18-9-1-6-14(13(20)7-9)21-8-12-15(24)22-17(26)23(16(12)25)11-4-2-10(19)3-5-11/h1-8,25H,(H,22,24,26). The number of aromatic hydroxyl groups is 1. The first-order chi connectivity index (χ1) is 12.4. The molecule has 9 heteroatoms. The second-order valence-electron chi connectivity index (χ2n) is 5.16. The third-order valence-corrected chi connectivity index (χ3v) is 4.50. The first-order valence-electron chi connectivity index (χ1n) is 7.20. The molecule has 0 saturated heterocycles. The van der Waals surface area contributed by atoms with Crippen LogP contribution in [0.25, 0.3) is 5.69 Å². The molecule has 2 N–H and O–H groups in total. The van der Waals surface area contributed by atoms with E-state index in [9.17, 15) is 14.7 Å². The van der Waals surface area contributed by atoms with Gasteiger partial charge in [-0.2, -0.15) is 0 Å². The molecule has 0 fully saturated rings. The minimum atomic E-state index is -0.784. The molecule has 3 aromatic rings. The van der Waals surface area contributed by atoms with Crippen LogP contribution in [0.5, 0.6) is 5.88 Å². The second-order valence-corrected chi connectivity index (χ2v) is 6.92. The summed E-state index contributed by atoms with van der Waals surface area (Å²) in [7, 11) is 0. The predicted octanol–water partition coefficient (Wildman–Crippen LogP) is 4.05. The Labute approximate surface area is 165 Å². The smallest absolute Gasteiger partial charge is 0.335 e. The molecule has 2 aromatic carbocycles. The van der Waals surface area contributed by atoms with Crippen molar-refractivity contribution < 1.29 is 5.11 Å². The van der Waals surface area contributed by atoms with Gasteiger partial charge in [-0.3, -0.25) is 14.8 Å². The maximum atomic E-state index is 12.1. The summed E-state index contributed by atoms with van der Waals surface area (Å²) in [6, 6.07) is 11.2. The number of aliphatic imine (C=N–C) groups is 1. The molecule has 0 radical (unpaired) electrons. The van der Waals surface area contributed by atoms with Crippen molar-refractivity contribution in [2.24, 2.45) is 4.99 Å². The summed E-state index contributed by atoms with van der Waals surface area (Å²) in [6.45, 7) is 0. The van der Waals surface area contributed by atoms with E-state index in [0.717, 1.165) is 15.3 Å². The quantitative estimate of drug-likeness (QED) is 0.585. The number of hydrogen-bond donors (Lipinski definition) is 2. The first-order valence-corrected chi connectivity index (χ1v) is 8.75. The fraction of sp³-hybridized carbons (Fsp3) is 0. The van der Waals surface area contributed by atoms with Gasteiger partial charge in [-0.15, -0.1) is 0 Å². The molecule has 0 aliphatic heterocycles. The molecular formula is C17H10BrCl2N3O3. The normalized spacial score (nSPS) is 11.2. The minimum Gasteiger partial charge on any atom is -0.493 e. The molecule has 0 bridgehead atoms. The molecule has 132 valence electrons. The van der Waals surface area contributed by atoms with Gasteiger partial charge in [0.1, 0.15) is 5.56 Å². The van der Waals surface area contributed by atoms with Gasteiger partial charge in [0.05, 0.1) is 16.4 Å². The van der Waals surface area contributed by atoms with Crippen molar-refractivity contribution in [2.75, 3.05) is 0 Å². The van der Waals surface area contributed by atoms with E-state index in [-0.39, 0.29) is 5.56 Å². The Hall–Kier alpha value is -2.35. The van der Waals surface area contributed by atoms with Gasteiger partial charge in [-0.05, 0) is 42.5 Å². The fourth-order valence-electron chi connectivity index (χ4n) is 2.20. The summed E-state index contributed by atoms with van der Waals surface area (Å²) in [4.78, 5) is 30.5. The van der Waals surface area contributed by atoms with Crippen LogP contribution >= 0.6 is 39.1 Å². The lowest BCUT2D eigenvalue weighted by atomic mass is 10.3. The molecule has 3 rings (SSSR count). The Kier molecular flexibility index (Phi) is 5.31. The van der Waals surface area contributed by atoms with E-state index in [1.165, 1.54) is 12.1 Å². The lowest BCUT2D eigenvalue weighted by Crippen LogP contribution is -2.31. The summed E-state index contributed by atoms with van der Waals surface area (Å²) < 4.78 is 1.72. The van der Waals surface area contributed by atoms with E-state index < -0.39 is 17.1 Å². The average molecular weight is 455 g/mol. The van der Waals surface area contributed by atoms with Crippen LogP contribution in [0.3, 0.4) is 0 Å². The highest BCUT2D eigenvalue weighted by Crippen LogP contribution is 2.28. The number of halogens is 3. The van der Waals surface area contributed by atoms with Crippen molar-refractivity contribution in [3.05, 3.63) is 83.4 Å². The zero-order chi connectivity index (χ0) is 18.8. The van der Waals surface area contributed by atoms with Crippen LogP contribution in [0.1, 0.15) is 5.56 Å². The zero-order valence-electron chi connectivity index (χ0n) is 12.9. The van der Waals surface area contributed by atoms with Gasteiger partial charge >= 0.3 is 5.69 Å². The third-order valence-electron chi connectivity index (χ3n) is 3.45. The molecule has 0 saturated carbocycles. The third kappa shape index (κ3) is 3.75. The number of nitrogens with zero attached hydrogens (tertiary/aromatic N) is 2. The van der Waals surface area contributed by atoms with Crippen molar-refractivity contribution in [3.8, 4) is 11.6 Å². The number of rotatable bonds is 3. The molecule has 0 unspecified atom stereocenters. The molecule has 6 nitrogen and oxygen atoms in total. The predicted molar refractivity (Wildman–Crippen MR) is 106 cm³/mol. The maximum Gasteiger partial charge on any atom is 0.335 e. The lowest BCUT2D eigenvalue weighted by Gasteiger charge is -2.09. The largest absolute Gasteiger partial charge is 0.493 e. The Morgan fingerprint density at radius 2 is 1.81 bits per heavy atom. The summed E-state index contributed by atoms with van der Waals surface area (Å²) in [5.74, 6) is -0.543. The summed E-state index contributed by atoms with van der Waals surface area (Å²) >= 11 is 15.2. The van der Waals surface area contributed by atoms with Gasteiger partial charge in [0.2, 0.25) is 5.88 Å². The zero-order valence-corrected chi connectivity index (χ0v) is 16.0. The molecule has 1 aromatic heterocycles. The maximum absolute atomic E-state index is 12.1. The number of aromatic nitrogens is 2. The summed E-state index contributed by atoms with van der Waals surface area (Å²) in [6.07, 6.45) is 1.15. The van der Waals surface area contributed by atoms with Crippen LogP contribution in [0.4, 0.5) is 5.69 Å². The van der Waals surface area contributed by atoms with Crippen molar-refractivity contribution in [1.29, 1.82) is 0 Å². The minimum absolute atomic E-state index is 0.182. The summed E-state index contributed by atoms with van der Waals surface area (Å²) in [5.41, 5.74) is -0.996. The molecule has 0 amide bonds. The van der Waals surface area contributed by atoms with Gasteiger partial charge in [-0.25, -0.2) is 9.36 Å². The molecule has 0 atom stereocenters. The van der Waals surface area contributed by atoms with Gasteiger partial charge in [0.15, 0.2) is 0 Å². The van der Waals surface area contributed by atoms with Gasteiger partial charge in [0.25, 0.3) is 5.56 Å². The molecule has 1 heterocycles. The highest BCUT2D eigenvalue weighted by molar-refractivity contribution is 9.10. The molecule has 0 aliphatic carbocycles. The van der Waals surface area contributed by atoms with E-state index in [4.69, 9.17) is 23.2 Å². The number of nitrogens with one attached hydrogen (secondary N) is 1. The van der Waals surface area contributed by atoms with Gasteiger partial charge < -0.3 is 5.11 Å². The van der Waals surface area contributed by atoms with Gasteiger partial charge in [-0.1, -0.05) is 39.1 Å². The van der Waals surface area contributed by atoms with Crippen molar-refractivity contribution in [3.63, 3.8) is 0 Å². The van der Waals surface area contributed by atoms with Gasteiger partial charge in [0, 0.05) is 15.7 Å².